The number of benzene rings is 6. The number of rotatable bonds is 2. The number of aliphatic imine (C=N–C) groups is 2. The van der Waals surface area contributed by atoms with E-state index in [-0.39, 0.29) is 17.8 Å². The molecule has 5 heterocycles. The van der Waals surface area contributed by atoms with E-state index in [1.165, 1.54) is 91.0 Å². The van der Waals surface area contributed by atoms with E-state index < -0.39 is 0 Å². The minimum Gasteiger partial charge on any atom is -0.454 e. The van der Waals surface area contributed by atoms with Gasteiger partial charge in [0.2, 0.25) is 0 Å². The fraction of sp³-hybridized carbons (Fsp3) is 0.179. The quantitative estimate of drug-likeness (QED) is 0.175. The van der Waals surface area contributed by atoms with Crippen molar-refractivity contribution in [3.8, 4) is 5.69 Å². The summed E-state index contributed by atoms with van der Waals surface area (Å²) in [7, 11) is 0. The zero-order valence-corrected chi connectivity index (χ0v) is 34.2. The van der Waals surface area contributed by atoms with E-state index in [2.05, 4.69) is 168 Å². The Labute approximate surface area is 357 Å². The van der Waals surface area contributed by atoms with Crippen LogP contribution in [0.1, 0.15) is 59.8 Å². The molecule has 6 unspecified atom stereocenters. The van der Waals surface area contributed by atoms with Crippen LogP contribution >= 0.6 is 11.8 Å². The van der Waals surface area contributed by atoms with Crippen molar-refractivity contribution in [2.24, 2.45) is 27.7 Å². The average molecular weight is 802 g/mol. The van der Waals surface area contributed by atoms with E-state index in [4.69, 9.17) is 14.4 Å². The minimum atomic E-state index is 0.0614. The zero-order valence-electron chi connectivity index (χ0n) is 33.4. The number of hydrogen-bond donors (Lipinski definition) is 0. The fourth-order valence-electron chi connectivity index (χ4n) is 12.2. The molecule has 15 rings (SSSR count). The van der Waals surface area contributed by atoms with Crippen molar-refractivity contribution < 1.29 is 4.42 Å². The number of thioether (sulfide) groups is 1. The van der Waals surface area contributed by atoms with Gasteiger partial charge in [0, 0.05) is 66.5 Å². The predicted octanol–water partition coefficient (Wildman–Crippen LogP) is 14.1. The summed E-state index contributed by atoms with van der Waals surface area (Å²) in [6.07, 6.45) is 21.3. The maximum absolute atomic E-state index is 7.06. The second-order valence-corrected chi connectivity index (χ2v) is 19.4. The molecule has 7 aliphatic rings. The number of fused-ring (bicyclic) bond motifs is 18. The number of amidine groups is 1. The number of allylic oxidation sites excluding steroid dienone is 9. The molecule has 0 N–H and O–H groups in total. The van der Waals surface area contributed by atoms with Crippen molar-refractivity contribution in [1.29, 1.82) is 0 Å². The van der Waals surface area contributed by atoms with E-state index in [1.54, 1.807) is 0 Å². The molecule has 0 amide bonds. The number of para-hydroxylation sites is 1. The molecular weight excluding hydrogens is 763 g/mol. The summed E-state index contributed by atoms with van der Waals surface area (Å²) in [6.45, 7) is 0. The Hall–Kier alpha value is -6.43. The highest BCUT2D eigenvalue weighted by molar-refractivity contribution is 8.00. The Balaban J connectivity index is 1.08. The monoisotopic (exact) mass is 801 g/mol. The second kappa shape index (κ2) is 12.1. The summed E-state index contributed by atoms with van der Waals surface area (Å²) in [5.41, 5.74) is 15.2. The van der Waals surface area contributed by atoms with Crippen molar-refractivity contribution >= 4 is 77.8 Å². The SMILES string of the molecule is C1=CC2C=CC=C(C3=C4C5C(=NC(c6cccc7c6SC6CCCCC76)=N3)c3ccc6c(oc7ccccc76)c3-n3c6cc(ccc6c6cc7ccccc7cc63)C45)C2C=C1. The van der Waals surface area contributed by atoms with Gasteiger partial charge in [0.15, 0.2) is 11.4 Å². The molecule has 4 aliphatic carbocycles. The molecule has 0 saturated heterocycles. The molecular formula is C56H39N3OS. The summed E-state index contributed by atoms with van der Waals surface area (Å²) < 4.78 is 9.58. The Morgan fingerprint density at radius 3 is 2.46 bits per heavy atom. The topological polar surface area (TPSA) is 42.8 Å². The van der Waals surface area contributed by atoms with Gasteiger partial charge in [0.1, 0.15) is 5.58 Å². The summed E-state index contributed by atoms with van der Waals surface area (Å²) in [5, 5.41) is 7.84. The second-order valence-electron chi connectivity index (χ2n) is 18.1. The van der Waals surface area contributed by atoms with E-state index in [1.807, 2.05) is 0 Å². The minimum absolute atomic E-state index is 0.0614. The molecule has 2 aromatic heterocycles. The molecule has 2 saturated carbocycles. The van der Waals surface area contributed by atoms with Crippen LogP contribution in [0, 0.1) is 17.8 Å². The van der Waals surface area contributed by atoms with Crippen LogP contribution in [0.25, 0.3) is 60.2 Å². The fourth-order valence-corrected chi connectivity index (χ4v) is 13.9. The Morgan fingerprint density at radius 1 is 0.656 bits per heavy atom. The lowest BCUT2D eigenvalue weighted by Crippen LogP contribution is -2.17. The third kappa shape index (κ3) is 4.52. The average Bonchev–Trinajstić information content (AvgIpc) is 3.60. The van der Waals surface area contributed by atoms with Crippen molar-refractivity contribution in [2.45, 2.75) is 47.7 Å². The lowest BCUT2D eigenvalue weighted by Gasteiger charge is -2.27. The van der Waals surface area contributed by atoms with Crippen LogP contribution in [0.3, 0.4) is 0 Å². The maximum Gasteiger partial charge on any atom is 0.161 e. The molecule has 6 atom stereocenters. The number of hydrogen-bond acceptors (Lipinski definition) is 4. The lowest BCUT2D eigenvalue weighted by molar-refractivity contribution is 0.461. The van der Waals surface area contributed by atoms with E-state index in [0.29, 0.717) is 17.1 Å². The first-order valence-electron chi connectivity index (χ1n) is 22.1. The van der Waals surface area contributed by atoms with Crippen molar-refractivity contribution in [1.82, 2.24) is 4.57 Å². The molecule has 61 heavy (non-hydrogen) atoms. The van der Waals surface area contributed by atoms with Crippen LogP contribution in [0.15, 0.2) is 188 Å². The number of furan rings is 1. The van der Waals surface area contributed by atoms with E-state index in [9.17, 15) is 0 Å². The van der Waals surface area contributed by atoms with Gasteiger partial charge < -0.3 is 8.98 Å². The van der Waals surface area contributed by atoms with Gasteiger partial charge in [0.25, 0.3) is 0 Å². The summed E-state index contributed by atoms with van der Waals surface area (Å²) in [6, 6.07) is 40.9. The first kappa shape index (κ1) is 33.3. The molecule has 0 radical (unpaired) electrons. The highest BCUT2D eigenvalue weighted by Crippen LogP contribution is 2.62. The lowest BCUT2D eigenvalue weighted by atomic mass is 9.78. The molecule has 8 aromatic rings. The van der Waals surface area contributed by atoms with Crippen molar-refractivity contribution in [2.75, 3.05) is 0 Å². The van der Waals surface area contributed by atoms with Gasteiger partial charge in [-0.05, 0) is 82.1 Å². The summed E-state index contributed by atoms with van der Waals surface area (Å²) in [4.78, 5) is 13.3. The largest absolute Gasteiger partial charge is 0.454 e. The third-order valence-electron chi connectivity index (χ3n) is 15.0. The van der Waals surface area contributed by atoms with Crippen LogP contribution < -0.4 is 0 Å². The van der Waals surface area contributed by atoms with Gasteiger partial charge in [0.05, 0.1) is 28.1 Å². The van der Waals surface area contributed by atoms with Crippen molar-refractivity contribution in [3.05, 3.63) is 191 Å². The number of aromatic nitrogens is 1. The van der Waals surface area contributed by atoms with Crippen LogP contribution in [0.4, 0.5) is 0 Å². The molecule has 0 spiro atoms. The molecule has 5 heteroatoms. The van der Waals surface area contributed by atoms with Gasteiger partial charge in [-0.25, -0.2) is 9.98 Å². The van der Waals surface area contributed by atoms with E-state index in [0.717, 1.165) is 50.4 Å². The standard InChI is InChI=1S/C56H39N3OS/c1-2-13-32-28-45-43(27-31(32)12-1)35-24-23-33-29-44(35)59(45)53-41(26-25-39-36-16-5-7-21-46(36)60-54(39)53)52-50-48(33)49(50)51(38-18-9-14-30-11-3-4-15-34(30)38)57-56(58-52)42-20-10-19-40-37-17-6-8-22-47(37)61-55(40)42/h1-5,7,9-16,18-21,23-30,34,37,47-48,50H,6,8,17,22H2. The van der Waals surface area contributed by atoms with Gasteiger partial charge in [-0.1, -0.05) is 134 Å². The predicted molar refractivity (Wildman–Crippen MR) is 252 cm³/mol. The van der Waals surface area contributed by atoms with E-state index >= 15 is 0 Å². The summed E-state index contributed by atoms with van der Waals surface area (Å²) >= 11 is 2.09. The Bertz CT molecular complexity index is 3560. The third-order valence-corrected chi connectivity index (χ3v) is 16.6. The highest BCUT2D eigenvalue weighted by Gasteiger charge is 2.54. The molecule has 3 aliphatic heterocycles. The van der Waals surface area contributed by atoms with Crippen molar-refractivity contribution in [3.63, 3.8) is 0 Å². The smallest absolute Gasteiger partial charge is 0.161 e. The molecule has 290 valence electrons. The van der Waals surface area contributed by atoms with Gasteiger partial charge >= 0.3 is 0 Å². The highest BCUT2D eigenvalue weighted by atomic mass is 32.2. The number of nitrogens with zero attached hydrogens (tertiary/aromatic N) is 3. The first-order chi connectivity index (χ1) is 30.2. The van der Waals surface area contributed by atoms with Gasteiger partial charge in [-0.3, -0.25) is 0 Å². The van der Waals surface area contributed by atoms with Gasteiger partial charge in [-0.15, -0.1) is 11.8 Å². The molecule has 6 aromatic carbocycles. The zero-order chi connectivity index (χ0) is 39.5. The maximum atomic E-state index is 7.06. The molecule has 2 bridgehead atoms. The molecule has 4 nitrogen and oxygen atoms in total. The van der Waals surface area contributed by atoms with Crippen LogP contribution in [-0.4, -0.2) is 21.4 Å². The summed E-state index contributed by atoms with van der Waals surface area (Å²) in [5.74, 6) is 2.18. The first-order valence-corrected chi connectivity index (χ1v) is 23.0. The normalized spacial score (nSPS) is 25.4. The molecule has 2 fully saturated rings. The van der Waals surface area contributed by atoms with Crippen LogP contribution in [0.2, 0.25) is 0 Å². The Kier molecular flexibility index (Phi) is 6.61. The van der Waals surface area contributed by atoms with Crippen LogP contribution in [-0.2, 0) is 0 Å². The van der Waals surface area contributed by atoms with Crippen LogP contribution in [0.5, 0.6) is 0 Å². The Morgan fingerprint density at radius 2 is 1.49 bits per heavy atom. The van der Waals surface area contributed by atoms with Gasteiger partial charge in [-0.2, -0.15) is 0 Å².